The van der Waals surface area contributed by atoms with E-state index < -0.39 is 79.3 Å². The van der Waals surface area contributed by atoms with Crippen molar-refractivity contribution in [2.24, 2.45) is 0 Å². The molecule has 1 aliphatic heterocycles. The maximum Gasteiger partial charge on any atom is 0.460 e. The van der Waals surface area contributed by atoms with Crippen LogP contribution in [0.5, 0.6) is 5.75 Å². The number of H-pyrrole nitrogens is 1. The van der Waals surface area contributed by atoms with Crippen molar-refractivity contribution in [2.75, 3.05) is 6.67 Å². The summed E-state index contributed by atoms with van der Waals surface area (Å²) in [4.78, 5) is 37.7. The molecule has 1 aromatic heterocycles. The number of ether oxygens (including phenoxy) is 2. The number of halogens is 3. The Morgan fingerprint density at radius 3 is 2.48 bits per heavy atom. The van der Waals surface area contributed by atoms with Crippen LogP contribution >= 0.6 is 7.75 Å². The van der Waals surface area contributed by atoms with Crippen LogP contribution in [0.25, 0.3) is 0 Å². The molecule has 0 radical (unpaired) electrons. The van der Waals surface area contributed by atoms with Crippen LogP contribution in [-0.2, 0) is 23.4 Å². The molecule has 0 bridgehead atoms. The molecule has 1 saturated heterocycles. The van der Waals surface area contributed by atoms with Gasteiger partial charge < -0.3 is 19.1 Å². The number of alkyl halides is 2. The summed E-state index contributed by atoms with van der Waals surface area (Å²) in [6.45, 7) is 5.05. The van der Waals surface area contributed by atoms with Gasteiger partial charge in [0.05, 0.1) is 12.3 Å². The predicted octanol–water partition coefficient (Wildman–Crippen LogP) is 2.52. The Balaban J connectivity index is 1.98. The number of para-hydroxylation sites is 1. The number of nitrogens with zero attached hydrogens (tertiary/aromatic N) is 1. The van der Waals surface area contributed by atoms with Gasteiger partial charge in [0.25, 0.3) is 5.56 Å². The minimum Gasteiger partial charge on any atom is -0.462 e. The summed E-state index contributed by atoms with van der Waals surface area (Å²) < 4.78 is 79.9. The first-order valence-electron chi connectivity index (χ1n) is 12.2. The van der Waals surface area contributed by atoms with Gasteiger partial charge in [0.2, 0.25) is 11.5 Å². The van der Waals surface area contributed by atoms with E-state index in [0.717, 1.165) is 0 Å². The molecule has 40 heavy (non-hydrogen) atoms. The van der Waals surface area contributed by atoms with Gasteiger partial charge in [-0.1, -0.05) is 18.2 Å². The number of nitrogens with one attached hydrogen (secondary N) is 2. The smallest absolute Gasteiger partial charge is 0.460 e. The number of carbonyl (C=O) groups is 1. The summed E-state index contributed by atoms with van der Waals surface area (Å²) in [7, 11) is -4.60. The Morgan fingerprint density at radius 2 is 1.90 bits per heavy atom. The lowest BCUT2D eigenvalue weighted by Crippen LogP contribution is -2.52. The second-order valence-electron chi connectivity index (χ2n) is 9.99. The number of benzene rings is 1. The maximum atomic E-state index is 15.8. The van der Waals surface area contributed by atoms with Crippen LogP contribution in [-0.4, -0.2) is 62.9 Å². The number of hydrogen-bond donors (Lipinski definition) is 3. The molecule has 0 spiro atoms. The van der Waals surface area contributed by atoms with Crippen molar-refractivity contribution in [3.8, 4) is 5.75 Å². The van der Waals surface area contributed by atoms with Crippen molar-refractivity contribution in [3.63, 3.8) is 0 Å². The maximum absolute atomic E-state index is 15.8. The van der Waals surface area contributed by atoms with E-state index in [2.05, 4.69) is 5.09 Å². The topological polar surface area (TPSA) is 158 Å². The lowest BCUT2D eigenvalue weighted by molar-refractivity contribution is -0.149. The second-order valence-corrected chi connectivity index (χ2v) is 11.6. The standard InChI is InChI=1S/C24H31F3N3O9P/c1-13(2)36-20(33)14(3)29-40(35,38-15-9-7-6-8-10-15)39-23(4,5)18-17(31)24(27,12-25)21(37-18)30-11-16(26)19(32)28-22(30)34/h6-11,13-14,17-18,21,31H,12H2,1-5H3,(H,29,35)(H,28,32,34)/t14-,17?,18-,21+,24+,40-/m0/s1. The quantitative estimate of drug-likeness (QED) is 0.261. The summed E-state index contributed by atoms with van der Waals surface area (Å²) in [5.41, 5.74) is -8.05. The molecule has 1 unspecified atom stereocenters. The van der Waals surface area contributed by atoms with Crippen LogP contribution in [0.1, 0.15) is 40.8 Å². The van der Waals surface area contributed by atoms with Gasteiger partial charge in [-0.25, -0.2) is 18.1 Å². The summed E-state index contributed by atoms with van der Waals surface area (Å²) >= 11 is 0. The lowest BCUT2D eigenvalue weighted by atomic mass is 9.89. The molecule has 3 rings (SSSR count). The van der Waals surface area contributed by atoms with Crippen LogP contribution in [0.4, 0.5) is 13.2 Å². The third-order valence-corrected chi connectivity index (χ3v) is 7.78. The summed E-state index contributed by atoms with van der Waals surface area (Å²) in [5, 5.41) is 13.2. The van der Waals surface area contributed by atoms with Gasteiger partial charge in [0, 0.05) is 0 Å². The van der Waals surface area contributed by atoms with Crippen molar-refractivity contribution in [1.82, 2.24) is 14.6 Å². The van der Waals surface area contributed by atoms with Crippen LogP contribution in [0.2, 0.25) is 0 Å². The zero-order chi connectivity index (χ0) is 30.0. The van der Waals surface area contributed by atoms with E-state index in [1.165, 1.54) is 32.9 Å². The number of aromatic nitrogens is 2. The Hall–Kier alpha value is -2.97. The predicted molar refractivity (Wildman–Crippen MR) is 135 cm³/mol. The molecule has 0 saturated carbocycles. The molecule has 1 fully saturated rings. The van der Waals surface area contributed by atoms with E-state index in [4.69, 9.17) is 18.5 Å². The van der Waals surface area contributed by atoms with E-state index in [1.54, 1.807) is 37.0 Å². The van der Waals surface area contributed by atoms with Gasteiger partial charge in [0.15, 0.2) is 6.23 Å². The van der Waals surface area contributed by atoms with Gasteiger partial charge in [-0.2, -0.15) is 9.48 Å². The lowest BCUT2D eigenvalue weighted by Gasteiger charge is -2.36. The van der Waals surface area contributed by atoms with Crippen LogP contribution < -0.4 is 20.9 Å². The molecule has 2 heterocycles. The van der Waals surface area contributed by atoms with E-state index in [-0.39, 0.29) is 10.3 Å². The summed E-state index contributed by atoms with van der Waals surface area (Å²) in [5.74, 6) is -2.25. The Morgan fingerprint density at radius 1 is 1.27 bits per heavy atom. The summed E-state index contributed by atoms with van der Waals surface area (Å²) in [6, 6.07) is 6.41. The van der Waals surface area contributed by atoms with Crippen molar-refractivity contribution in [2.45, 2.75) is 76.5 Å². The fourth-order valence-electron chi connectivity index (χ4n) is 4.02. The molecule has 16 heteroatoms. The fourth-order valence-corrected chi connectivity index (χ4v) is 5.87. The first-order valence-corrected chi connectivity index (χ1v) is 13.7. The Kier molecular flexibility index (Phi) is 9.36. The molecule has 2 aromatic rings. The highest BCUT2D eigenvalue weighted by Gasteiger charge is 2.63. The van der Waals surface area contributed by atoms with Crippen molar-refractivity contribution in [3.05, 3.63) is 63.2 Å². The van der Waals surface area contributed by atoms with Crippen LogP contribution in [0.15, 0.2) is 46.1 Å². The SMILES string of the molecule is CC(C)OC(=O)[C@H](C)N[P@](=O)(Oc1ccccc1)OC(C)(C)[C@H]1O[C@@H](n2cc(F)c(=O)[nH]c2=O)[C@@](F)(CF)C1O. The zero-order valence-corrected chi connectivity index (χ0v) is 23.2. The Bertz CT molecular complexity index is 1370. The third kappa shape index (κ3) is 6.66. The van der Waals surface area contributed by atoms with Crippen molar-refractivity contribution < 1.29 is 46.2 Å². The largest absolute Gasteiger partial charge is 0.462 e. The van der Waals surface area contributed by atoms with Crippen molar-refractivity contribution >= 4 is 13.7 Å². The van der Waals surface area contributed by atoms with Crippen molar-refractivity contribution in [1.29, 1.82) is 0 Å². The highest BCUT2D eigenvalue weighted by atomic mass is 31.2. The fraction of sp³-hybridized carbons (Fsp3) is 0.542. The average molecular weight is 593 g/mol. The van der Waals surface area contributed by atoms with Gasteiger partial charge in [-0.15, -0.1) is 0 Å². The molecular formula is C24H31F3N3O9P. The number of aliphatic hydroxyl groups is 1. The molecule has 0 aliphatic carbocycles. The number of aliphatic hydroxyl groups excluding tert-OH is 1. The van der Waals surface area contributed by atoms with Gasteiger partial charge in [-0.05, 0) is 46.8 Å². The number of esters is 1. The first kappa shape index (κ1) is 31.6. The normalized spacial score (nSPS) is 25.4. The number of rotatable bonds is 11. The molecule has 0 amide bonds. The molecule has 3 N–H and O–H groups in total. The van der Waals surface area contributed by atoms with E-state index >= 15 is 4.39 Å². The molecular weight excluding hydrogens is 562 g/mol. The van der Waals surface area contributed by atoms with E-state index in [0.29, 0.717) is 6.20 Å². The monoisotopic (exact) mass is 593 g/mol. The number of carbonyl (C=O) groups excluding carboxylic acids is 1. The zero-order valence-electron chi connectivity index (χ0n) is 22.3. The molecule has 1 aromatic carbocycles. The molecule has 222 valence electrons. The van der Waals surface area contributed by atoms with Gasteiger partial charge >= 0.3 is 19.4 Å². The highest BCUT2D eigenvalue weighted by molar-refractivity contribution is 7.52. The molecule has 12 nitrogen and oxygen atoms in total. The molecule has 6 atom stereocenters. The first-order chi connectivity index (χ1) is 18.5. The average Bonchev–Trinajstić information content (AvgIpc) is 3.12. The number of hydrogen-bond acceptors (Lipinski definition) is 9. The van der Waals surface area contributed by atoms with E-state index in [9.17, 15) is 32.8 Å². The van der Waals surface area contributed by atoms with Crippen LogP contribution in [0, 0.1) is 5.82 Å². The summed E-state index contributed by atoms with van der Waals surface area (Å²) in [6.07, 6.45) is -6.64. The molecule has 1 aliphatic rings. The number of aromatic amines is 1. The highest BCUT2D eigenvalue weighted by Crippen LogP contribution is 2.53. The minimum atomic E-state index is -4.60. The van der Waals surface area contributed by atoms with E-state index in [1.807, 2.05) is 0 Å². The second kappa shape index (κ2) is 11.9. The Labute approximate surface area is 227 Å². The minimum absolute atomic E-state index is 0.0446. The van der Waals surface area contributed by atoms with Crippen LogP contribution in [0.3, 0.4) is 0 Å². The van der Waals surface area contributed by atoms with Gasteiger partial charge in [0.1, 0.15) is 36.3 Å². The third-order valence-electron chi connectivity index (χ3n) is 5.91. The van der Waals surface area contributed by atoms with Gasteiger partial charge in [-0.3, -0.25) is 23.7 Å².